The van der Waals surface area contributed by atoms with Gasteiger partial charge in [-0.3, -0.25) is 15.2 Å². The summed E-state index contributed by atoms with van der Waals surface area (Å²) in [5.74, 6) is 0. The molecule has 0 bridgehead atoms. The van der Waals surface area contributed by atoms with Gasteiger partial charge in [0.05, 0.1) is 5.39 Å². The van der Waals surface area contributed by atoms with Gasteiger partial charge in [-0.15, -0.1) is 0 Å². The zero-order valence-corrected chi connectivity index (χ0v) is 9.72. The summed E-state index contributed by atoms with van der Waals surface area (Å²) in [5, 5.41) is 8.17. The summed E-state index contributed by atoms with van der Waals surface area (Å²) < 4.78 is 2.00. The lowest BCUT2D eigenvalue weighted by Gasteiger charge is -2.08. The van der Waals surface area contributed by atoms with Crippen molar-refractivity contribution in [2.45, 2.75) is 26.7 Å². The van der Waals surface area contributed by atoms with Crippen molar-refractivity contribution in [3.05, 3.63) is 22.2 Å². The van der Waals surface area contributed by atoms with Crippen molar-refractivity contribution in [3.8, 4) is 0 Å². The van der Waals surface area contributed by atoms with E-state index in [0.717, 1.165) is 18.4 Å². The smallest absolute Gasteiger partial charge is 0.261 e. The maximum absolute atomic E-state index is 11.8. The maximum Gasteiger partial charge on any atom is 0.261 e. The summed E-state index contributed by atoms with van der Waals surface area (Å²) in [4.78, 5) is 17.2. The Balaban J connectivity index is 2.96. The Kier molecular flexibility index (Phi) is 2.49. The molecule has 0 radical (unpaired) electrons. The molecule has 2 heterocycles. The maximum atomic E-state index is 11.8. The molecule has 0 saturated heterocycles. The van der Waals surface area contributed by atoms with Gasteiger partial charge in [-0.2, -0.15) is 0 Å². The highest BCUT2D eigenvalue weighted by molar-refractivity contribution is 6.55. The molecule has 0 atom stereocenters. The van der Waals surface area contributed by atoms with E-state index in [4.69, 9.17) is 5.41 Å². The van der Waals surface area contributed by atoms with Crippen molar-refractivity contribution in [3.63, 3.8) is 0 Å². The predicted molar refractivity (Wildman–Crippen MR) is 65.8 cm³/mol. The third-order valence-electron chi connectivity index (χ3n) is 2.76. The Bertz CT molecular complexity index is 634. The highest BCUT2D eigenvalue weighted by atomic mass is 16.1. The van der Waals surface area contributed by atoms with Gasteiger partial charge in [-0.25, -0.2) is 0 Å². The van der Waals surface area contributed by atoms with Crippen molar-refractivity contribution in [2.24, 2.45) is 0 Å². The number of aromatic nitrogens is 3. The highest BCUT2D eigenvalue weighted by Crippen LogP contribution is 2.11. The summed E-state index contributed by atoms with van der Waals surface area (Å²) in [6, 6.07) is 0.264. The second-order valence-corrected chi connectivity index (χ2v) is 4.19. The average Bonchev–Trinajstić information content (AvgIpc) is 2.56. The normalized spacial score (nSPS) is 11.2. The fourth-order valence-electron chi connectivity index (χ4n) is 1.96. The van der Waals surface area contributed by atoms with E-state index in [1.165, 1.54) is 0 Å². The van der Waals surface area contributed by atoms with E-state index in [2.05, 4.69) is 23.8 Å². The topological polar surface area (TPSA) is 77.4 Å². The van der Waals surface area contributed by atoms with Crippen molar-refractivity contribution >= 4 is 23.8 Å². The van der Waals surface area contributed by atoms with E-state index in [1.54, 1.807) is 0 Å². The average molecular weight is 218 g/mol. The van der Waals surface area contributed by atoms with E-state index >= 15 is 0 Å². The Hall–Kier alpha value is -1.72. The quantitative estimate of drug-likeness (QED) is 0.601. The molecule has 0 saturated carbocycles. The Morgan fingerprint density at radius 1 is 1.44 bits per heavy atom. The molecular weight excluding hydrogens is 203 g/mol. The van der Waals surface area contributed by atoms with Crippen LogP contribution < -0.4 is 16.6 Å². The largest absolute Gasteiger partial charge is 0.332 e. The van der Waals surface area contributed by atoms with Gasteiger partial charge in [0, 0.05) is 12.2 Å². The lowest BCUT2D eigenvalue weighted by atomic mass is 9.74. The Morgan fingerprint density at radius 3 is 2.69 bits per heavy atom. The predicted octanol–water partition coefficient (Wildman–Crippen LogP) is -0.172. The second kappa shape index (κ2) is 3.70. The summed E-state index contributed by atoms with van der Waals surface area (Å²) in [7, 11) is 0.810. The Labute approximate surface area is 93.3 Å². The first-order valence-electron chi connectivity index (χ1n) is 5.45. The summed E-state index contributed by atoms with van der Waals surface area (Å²) >= 11 is 0. The number of rotatable bonds is 2. The summed E-state index contributed by atoms with van der Waals surface area (Å²) in [6.45, 7) is 6.13. The second-order valence-electron chi connectivity index (χ2n) is 4.19. The molecule has 5 nitrogen and oxygen atoms in total. The van der Waals surface area contributed by atoms with Crippen LogP contribution in [0.25, 0.3) is 11.0 Å². The fourth-order valence-corrected chi connectivity index (χ4v) is 1.96. The number of H-pyrrole nitrogens is 2. The number of nitrogens with one attached hydrogen (secondary N) is 3. The molecule has 2 rings (SSSR count). The number of fused-ring (bicyclic) bond motifs is 1. The van der Waals surface area contributed by atoms with Gasteiger partial charge in [0.1, 0.15) is 5.65 Å². The lowest BCUT2D eigenvalue weighted by molar-refractivity contribution is 0.617. The summed E-state index contributed by atoms with van der Waals surface area (Å²) in [5.41, 5.74) is 1.61. The number of aromatic amines is 2. The molecule has 0 aromatic carbocycles. The monoisotopic (exact) mass is 218 g/mol. The molecule has 3 N–H and O–H groups in total. The van der Waals surface area contributed by atoms with Gasteiger partial charge in [-0.1, -0.05) is 12.3 Å². The van der Waals surface area contributed by atoms with Crippen LogP contribution in [0.15, 0.2) is 11.0 Å². The molecule has 84 valence electrons. The molecule has 0 spiro atoms. The van der Waals surface area contributed by atoms with Crippen LogP contribution in [0.4, 0.5) is 0 Å². The van der Waals surface area contributed by atoms with E-state index in [0.29, 0.717) is 5.39 Å². The van der Waals surface area contributed by atoms with Gasteiger partial charge in [0.25, 0.3) is 5.56 Å². The zero-order valence-electron chi connectivity index (χ0n) is 9.72. The SMILES string of the molecule is CBc1cn(C(C)C)c2[nH]c(=N)[nH]c(=O)c12. The van der Waals surface area contributed by atoms with Gasteiger partial charge in [0.15, 0.2) is 7.28 Å². The number of hydrogen-bond donors (Lipinski definition) is 3. The minimum Gasteiger partial charge on any atom is -0.332 e. The zero-order chi connectivity index (χ0) is 11.9. The molecule has 2 aromatic heterocycles. The molecule has 0 aliphatic heterocycles. The van der Waals surface area contributed by atoms with Gasteiger partial charge >= 0.3 is 0 Å². The van der Waals surface area contributed by atoms with E-state index in [9.17, 15) is 4.79 Å². The minimum atomic E-state index is -0.185. The molecule has 0 aliphatic carbocycles. The first-order valence-corrected chi connectivity index (χ1v) is 5.45. The van der Waals surface area contributed by atoms with E-state index in [-0.39, 0.29) is 17.2 Å². The molecular formula is C10H15BN4O. The van der Waals surface area contributed by atoms with Crippen LogP contribution in [0.1, 0.15) is 19.9 Å². The van der Waals surface area contributed by atoms with Crippen molar-refractivity contribution < 1.29 is 0 Å². The Morgan fingerprint density at radius 2 is 2.12 bits per heavy atom. The molecule has 0 unspecified atom stereocenters. The molecule has 6 heteroatoms. The van der Waals surface area contributed by atoms with Gasteiger partial charge < -0.3 is 9.55 Å². The first kappa shape index (κ1) is 10.8. The molecule has 2 aromatic rings. The number of hydrogen-bond acceptors (Lipinski definition) is 2. The van der Waals surface area contributed by atoms with Crippen molar-refractivity contribution in [1.82, 2.24) is 14.5 Å². The van der Waals surface area contributed by atoms with Crippen LogP contribution in [0.3, 0.4) is 0 Å². The van der Waals surface area contributed by atoms with E-state index < -0.39 is 0 Å². The van der Waals surface area contributed by atoms with Crippen LogP contribution in [-0.2, 0) is 0 Å². The highest BCUT2D eigenvalue weighted by Gasteiger charge is 2.13. The third-order valence-corrected chi connectivity index (χ3v) is 2.76. The lowest BCUT2D eigenvalue weighted by Crippen LogP contribution is -2.26. The van der Waals surface area contributed by atoms with Gasteiger partial charge in [0.2, 0.25) is 5.62 Å². The third kappa shape index (κ3) is 1.50. The standard InChI is InChI=1S/C10H15BN4O/c1-5(2)15-4-6(11-3)7-8(15)13-10(12)14-9(7)16/h4-5,11H,1-3H3,(H3,12,13,14,16). The fraction of sp³-hybridized carbons (Fsp3) is 0.400. The summed E-state index contributed by atoms with van der Waals surface area (Å²) in [6.07, 6.45) is 1.99. The van der Waals surface area contributed by atoms with Crippen LogP contribution in [0, 0.1) is 5.41 Å². The molecule has 16 heavy (non-hydrogen) atoms. The van der Waals surface area contributed by atoms with Crippen LogP contribution in [0.5, 0.6) is 0 Å². The van der Waals surface area contributed by atoms with Crippen LogP contribution in [0.2, 0.25) is 6.82 Å². The van der Waals surface area contributed by atoms with E-state index in [1.807, 2.05) is 17.6 Å². The minimum absolute atomic E-state index is 0.0418. The molecule has 0 aliphatic rings. The number of nitrogens with zero attached hydrogens (tertiary/aromatic N) is 1. The van der Waals surface area contributed by atoms with Crippen LogP contribution in [-0.4, -0.2) is 21.8 Å². The molecule has 0 amide bonds. The van der Waals surface area contributed by atoms with Crippen LogP contribution >= 0.6 is 0 Å². The van der Waals surface area contributed by atoms with Crippen molar-refractivity contribution in [2.75, 3.05) is 0 Å². The first-order chi connectivity index (χ1) is 7.54. The molecule has 0 fully saturated rings. The van der Waals surface area contributed by atoms with Crippen molar-refractivity contribution in [1.29, 1.82) is 5.41 Å². The van der Waals surface area contributed by atoms with Gasteiger partial charge in [-0.05, 0) is 13.8 Å².